The lowest BCUT2D eigenvalue weighted by Gasteiger charge is -2.06. The topological polar surface area (TPSA) is 48.1 Å². The number of methoxy groups -OCH3 is 1. The van der Waals surface area contributed by atoms with Gasteiger partial charge in [0.05, 0.1) is 7.11 Å². The summed E-state index contributed by atoms with van der Waals surface area (Å²) in [4.78, 5) is 4.27. The van der Waals surface area contributed by atoms with Crippen molar-refractivity contribution in [2.24, 2.45) is 11.1 Å². The Hall–Kier alpha value is -1.09. The monoisotopic (exact) mass is 206 g/mol. The zero-order chi connectivity index (χ0) is 11.2. The summed E-state index contributed by atoms with van der Waals surface area (Å²) >= 11 is 0. The Labute approximate surface area is 90.7 Å². The van der Waals surface area contributed by atoms with E-state index < -0.39 is 0 Å². The maximum atomic E-state index is 6.06. The van der Waals surface area contributed by atoms with Gasteiger partial charge in [-0.05, 0) is 24.0 Å². The van der Waals surface area contributed by atoms with Gasteiger partial charge in [0.2, 0.25) is 5.88 Å². The molecule has 0 unspecified atom stereocenters. The van der Waals surface area contributed by atoms with Crippen LogP contribution in [0.4, 0.5) is 0 Å². The maximum absolute atomic E-state index is 6.06. The maximum Gasteiger partial charge on any atom is 0.213 e. The van der Waals surface area contributed by atoms with E-state index in [0.29, 0.717) is 11.8 Å². The molecule has 1 aromatic rings. The molecular weight excluding hydrogens is 188 g/mol. The second kappa shape index (κ2) is 3.20. The molecule has 1 fully saturated rings. The predicted molar refractivity (Wildman–Crippen MR) is 60.0 cm³/mol. The van der Waals surface area contributed by atoms with Crippen LogP contribution in [0.1, 0.15) is 31.0 Å². The van der Waals surface area contributed by atoms with Crippen LogP contribution < -0.4 is 10.5 Å². The highest BCUT2D eigenvalue weighted by Crippen LogP contribution is 2.57. The Morgan fingerprint density at radius 1 is 1.40 bits per heavy atom. The summed E-state index contributed by atoms with van der Waals surface area (Å²) in [5, 5.41) is 0. The third-order valence-corrected chi connectivity index (χ3v) is 3.43. The van der Waals surface area contributed by atoms with E-state index in [1.807, 2.05) is 13.0 Å². The lowest BCUT2D eigenvalue weighted by Crippen LogP contribution is -2.06. The molecule has 15 heavy (non-hydrogen) atoms. The molecule has 1 aromatic heterocycles. The third-order valence-electron chi connectivity index (χ3n) is 3.43. The fourth-order valence-electron chi connectivity index (χ4n) is 2.26. The molecule has 0 bridgehead atoms. The van der Waals surface area contributed by atoms with E-state index in [0.717, 1.165) is 5.69 Å². The molecule has 1 saturated carbocycles. The predicted octanol–water partition coefficient (Wildman–Crippen LogP) is 1.85. The van der Waals surface area contributed by atoms with Gasteiger partial charge in [0, 0.05) is 23.7 Å². The van der Waals surface area contributed by atoms with Crippen LogP contribution in [0.5, 0.6) is 5.88 Å². The normalized spacial score (nSPS) is 27.5. The molecule has 0 aliphatic heterocycles. The summed E-state index contributed by atoms with van der Waals surface area (Å²) < 4.78 is 5.17. The molecule has 0 saturated heterocycles. The van der Waals surface area contributed by atoms with Gasteiger partial charge in [-0.1, -0.05) is 13.8 Å². The SMILES string of the molecule is COc1cc([C@H]2[C@H](N)C2(C)C)cc(C)n1. The zero-order valence-corrected chi connectivity index (χ0v) is 9.74. The smallest absolute Gasteiger partial charge is 0.213 e. The molecule has 2 rings (SSSR count). The highest BCUT2D eigenvalue weighted by Gasteiger charge is 2.56. The Bertz CT molecular complexity index is 387. The van der Waals surface area contributed by atoms with Crippen molar-refractivity contribution in [1.29, 1.82) is 0 Å². The largest absolute Gasteiger partial charge is 0.481 e. The number of pyridine rings is 1. The van der Waals surface area contributed by atoms with Crippen molar-refractivity contribution in [3.8, 4) is 5.88 Å². The highest BCUT2D eigenvalue weighted by molar-refractivity contribution is 5.37. The van der Waals surface area contributed by atoms with Crippen LogP contribution in [0, 0.1) is 12.3 Å². The summed E-state index contributed by atoms with van der Waals surface area (Å²) in [6.45, 7) is 6.38. The first-order chi connectivity index (χ1) is 6.96. The number of ether oxygens (including phenoxy) is 1. The number of hydrogen-bond acceptors (Lipinski definition) is 3. The van der Waals surface area contributed by atoms with E-state index in [2.05, 4.69) is 24.9 Å². The summed E-state index contributed by atoms with van der Waals surface area (Å²) in [5.41, 5.74) is 8.50. The lowest BCUT2D eigenvalue weighted by molar-refractivity contribution is 0.396. The molecular formula is C12H18N2O. The van der Waals surface area contributed by atoms with Crippen LogP contribution in [0.15, 0.2) is 12.1 Å². The van der Waals surface area contributed by atoms with Crippen LogP contribution in [0.2, 0.25) is 0 Å². The minimum Gasteiger partial charge on any atom is -0.481 e. The van der Waals surface area contributed by atoms with Crippen LogP contribution in [0.25, 0.3) is 0 Å². The minimum absolute atomic E-state index is 0.207. The van der Waals surface area contributed by atoms with Crippen molar-refractivity contribution in [3.63, 3.8) is 0 Å². The van der Waals surface area contributed by atoms with Crippen LogP contribution in [0.3, 0.4) is 0 Å². The van der Waals surface area contributed by atoms with Gasteiger partial charge in [0.1, 0.15) is 0 Å². The molecule has 0 amide bonds. The molecule has 3 heteroatoms. The number of hydrogen-bond donors (Lipinski definition) is 1. The molecule has 1 aliphatic rings. The minimum atomic E-state index is 0.207. The van der Waals surface area contributed by atoms with Gasteiger partial charge in [0.15, 0.2) is 0 Å². The van der Waals surface area contributed by atoms with Crippen molar-refractivity contribution in [1.82, 2.24) is 4.98 Å². The zero-order valence-electron chi connectivity index (χ0n) is 9.74. The third kappa shape index (κ3) is 1.61. The number of nitrogens with two attached hydrogens (primary N) is 1. The quantitative estimate of drug-likeness (QED) is 0.803. The second-order valence-electron chi connectivity index (χ2n) is 4.91. The van der Waals surface area contributed by atoms with Crippen molar-refractivity contribution >= 4 is 0 Å². The van der Waals surface area contributed by atoms with E-state index in [4.69, 9.17) is 10.5 Å². The Morgan fingerprint density at radius 2 is 2.00 bits per heavy atom. The van der Waals surface area contributed by atoms with Crippen LogP contribution >= 0.6 is 0 Å². The van der Waals surface area contributed by atoms with E-state index in [9.17, 15) is 0 Å². The van der Waals surface area contributed by atoms with Gasteiger partial charge in [-0.15, -0.1) is 0 Å². The van der Waals surface area contributed by atoms with Crippen molar-refractivity contribution in [2.45, 2.75) is 32.7 Å². The molecule has 0 radical (unpaired) electrons. The van der Waals surface area contributed by atoms with E-state index in [-0.39, 0.29) is 11.5 Å². The average molecular weight is 206 g/mol. The Kier molecular flexibility index (Phi) is 2.23. The summed E-state index contributed by atoms with van der Waals surface area (Å²) in [6, 6.07) is 4.35. The summed E-state index contributed by atoms with van der Waals surface area (Å²) in [5.74, 6) is 1.12. The second-order valence-corrected chi connectivity index (χ2v) is 4.91. The van der Waals surface area contributed by atoms with Gasteiger partial charge < -0.3 is 10.5 Å². The first-order valence-electron chi connectivity index (χ1n) is 5.25. The fourth-order valence-corrected chi connectivity index (χ4v) is 2.26. The fraction of sp³-hybridized carbons (Fsp3) is 0.583. The number of aromatic nitrogens is 1. The van der Waals surface area contributed by atoms with Gasteiger partial charge in [-0.25, -0.2) is 4.98 Å². The van der Waals surface area contributed by atoms with Crippen LogP contribution in [-0.4, -0.2) is 18.1 Å². The standard InChI is InChI=1S/C12H18N2O/c1-7-5-8(6-9(14-7)15-4)10-11(13)12(10,2)3/h5-6,10-11H,13H2,1-4H3/t10-,11-/m0/s1. The Morgan fingerprint density at radius 3 is 2.47 bits per heavy atom. The van der Waals surface area contributed by atoms with Crippen molar-refractivity contribution < 1.29 is 4.74 Å². The van der Waals surface area contributed by atoms with E-state index >= 15 is 0 Å². The number of nitrogens with zero attached hydrogens (tertiary/aromatic N) is 1. The molecule has 3 nitrogen and oxygen atoms in total. The Balaban J connectivity index is 2.34. The molecule has 0 aromatic carbocycles. The average Bonchev–Trinajstić information content (AvgIpc) is 2.65. The summed E-state index contributed by atoms with van der Waals surface area (Å²) in [6.07, 6.45) is 0. The molecule has 1 aliphatic carbocycles. The lowest BCUT2D eigenvalue weighted by atomic mass is 10.0. The molecule has 0 spiro atoms. The first-order valence-corrected chi connectivity index (χ1v) is 5.25. The van der Waals surface area contributed by atoms with Gasteiger partial charge in [-0.2, -0.15) is 0 Å². The van der Waals surface area contributed by atoms with Crippen molar-refractivity contribution in [2.75, 3.05) is 7.11 Å². The summed E-state index contributed by atoms with van der Waals surface area (Å²) in [7, 11) is 1.64. The molecule has 2 N–H and O–H groups in total. The number of aryl methyl sites for hydroxylation is 1. The first kappa shape index (κ1) is 10.4. The van der Waals surface area contributed by atoms with Crippen molar-refractivity contribution in [3.05, 3.63) is 23.4 Å². The van der Waals surface area contributed by atoms with Gasteiger partial charge >= 0.3 is 0 Å². The van der Waals surface area contributed by atoms with E-state index in [1.54, 1.807) is 7.11 Å². The highest BCUT2D eigenvalue weighted by atomic mass is 16.5. The molecule has 82 valence electrons. The van der Waals surface area contributed by atoms with Crippen LogP contribution in [-0.2, 0) is 0 Å². The number of rotatable bonds is 2. The van der Waals surface area contributed by atoms with E-state index in [1.165, 1.54) is 5.56 Å². The molecule has 2 atom stereocenters. The van der Waals surface area contributed by atoms with Gasteiger partial charge in [0.25, 0.3) is 0 Å². The molecule has 1 heterocycles. The van der Waals surface area contributed by atoms with Gasteiger partial charge in [-0.3, -0.25) is 0 Å².